The molecule has 0 aliphatic carbocycles. The van der Waals surface area contributed by atoms with E-state index in [4.69, 9.17) is 27.4 Å². The number of rotatable bonds is 15. The van der Waals surface area contributed by atoms with Gasteiger partial charge in [-0.3, -0.25) is 33.6 Å². The van der Waals surface area contributed by atoms with Crippen molar-refractivity contribution in [2.45, 2.75) is 63.2 Å². The lowest BCUT2D eigenvalue weighted by atomic mass is 10.1. The minimum atomic E-state index is -1.47. The fourth-order valence-corrected chi connectivity index (χ4v) is 2.33. The molecule has 180 valence electrons. The van der Waals surface area contributed by atoms with Crippen molar-refractivity contribution >= 4 is 41.5 Å². The van der Waals surface area contributed by atoms with Gasteiger partial charge in [0.05, 0.1) is 12.5 Å². The van der Waals surface area contributed by atoms with Crippen LogP contribution in [0.2, 0.25) is 0 Å². The van der Waals surface area contributed by atoms with Crippen LogP contribution in [0.4, 0.5) is 0 Å². The third-order valence-electron chi connectivity index (χ3n) is 4.08. The van der Waals surface area contributed by atoms with Crippen LogP contribution in [0.15, 0.2) is 0 Å². The summed E-state index contributed by atoms with van der Waals surface area (Å²) in [4.78, 5) is 80.9. The van der Waals surface area contributed by atoms with Crippen LogP contribution in [-0.4, -0.2) is 75.9 Å². The van der Waals surface area contributed by atoms with Crippen molar-refractivity contribution in [3.05, 3.63) is 0 Å². The summed E-state index contributed by atoms with van der Waals surface area (Å²) >= 11 is 0. The van der Waals surface area contributed by atoms with Gasteiger partial charge in [0.1, 0.15) is 18.1 Å². The zero-order valence-corrected chi connectivity index (χ0v) is 17.3. The van der Waals surface area contributed by atoms with Crippen molar-refractivity contribution in [1.29, 1.82) is 0 Å². The number of hydrogen-bond donors (Lipinski definition) is 8. The Kier molecular flexibility index (Phi) is 11.9. The van der Waals surface area contributed by atoms with Crippen molar-refractivity contribution < 1.29 is 43.8 Å². The number of carboxylic acids is 2. The summed E-state index contributed by atoms with van der Waals surface area (Å²) < 4.78 is 0. The summed E-state index contributed by atoms with van der Waals surface area (Å²) in [5, 5.41) is 24.3. The fourth-order valence-electron chi connectivity index (χ4n) is 2.33. The fraction of sp³-hybridized carbons (Fsp3) is 0.588. The van der Waals surface area contributed by atoms with Gasteiger partial charge in [-0.15, -0.1) is 0 Å². The van der Waals surface area contributed by atoms with Crippen molar-refractivity contribution in [3.63, 3.8) is 0 Å². The Morgan fingerprint density at radius 3 is 1.66 bits per heavy atom. The number of carbonyl (C=O) groups is 7. The third kappa shape index (κ3) is 11.4. The first kappa shape index (κ1) is 28.2. The monoisotopic (exact) mass is 460 g/mol. The quantitative estimate of drug-likeness (QED) is 0.117. The van der Waals surface area contributed by atoms with Crippen molar-refractivity contribution in [2.75, 3.05) is 0 Å². The van der Waals surface area contributed by atoms with E-state index in [1.807, 2.05) is 0 Å². The molecule has 15 nitrogen and oxygen atoms in total. The normalized spacial score (nSPS) is 14.2. The topological polar surface area (TPSA) is 274 Å². The number of carbonyl (C=O) groups excluding carboxylic acids is 5. The van der Waals surface area contributed by atoms with E-state index in [0.29, 0.717) is 0 Å². The number of amides is 5. The Balaban J connectivity index is 5.48. The van der Waals surface area contributed by atoms with Crippen molar-refractivity contribution in [3.8, 4) is 0 Å². The second-order valence-electron chi connectivity index (χ2n) is 6.91. The predicted octanol–water partition coefficient (Wildman–Crippen LogP) is -4.12. The molecule has 0 aromatic rings. The molecule has 15 heteroatoms. The van der Waals surface area contributed by atoms with Crippen LogP contribution in [0.1, 0.15) is 39.0 Å². The SMILES string of the molecule is CC(NC(=O)C(CCC(=O)O)NC(=O)C(CCC(N)=O)NC(=O)C(N)CC(N)=O)C(=O)O. The van der Waals surface area contributed by atoms with Crippen LogP contribution in [0, 0.1) is 0 Å². The Labute approximate surface area is 182 Å². The number of nitrogens with one attached hydrogen (secondary N) is 3. The van der Waals surface area contributed by atoms with E-state index in [1.165, 1.54) is 0 Å². The summed E-state index contributed by atoms with van der Waals surface area (Å²) in [7, 11) is 0. The van der Waals surface area contributed by atoms with Crippen LogP contribution in [0.5, 0.6) is 0 Å². The van der Waals surface area contributed by atoms with Crippen molar-refractivity contribution in [1.82, 2.24) is 16.0 Å². The summed E-state index contributed by atoms with van der Waals surface area (Å²) in [6.45, 7) is 1.16. The van der Waals surface area contributed by atoms with Gasteiger partial charge in [-0.2, -0.15) is 0 Å². The van der Waals surface area contributed by atoms with Gasteiger partial charge in [-0.25, -0.2) is 0 Å². The van der Waals surface area contributed by atoms with E-state index >= 15 is 0 Å². The molecule has 0 heterocycles. The Morgan fingerprint density at radius 2 is 1.22 bits per heavy atom. The molecule has 11 N–H and O–H groups in total. The molecule has 4 unspecified atom stereocenters. The van der Waals surface area contributed by atoms with Crippen LogP contribution in [0.25, 0.3) is 0 Å². The number of aliphatic carboxylic acids is 2. The molecule has 0 fully saturated rings. The zero-order chi connectivity index (χ0) is 25.0. The van der Waals surface area contributed by atoms with Gasteiger partial charge in [-0.1, -0.05) is 0 Å². The van der Waals surface area contributed by atoms with Crippen LogP contribution in [0.3, 0.4) is 0 Å². The maximum absolute atomic E-state index is 12.7. The van der Waals surface area contributed by atoms with E-state index in [0.717, 1.165) is 6.92 Å². The number of nitrogens with two attached hydrogens (primary N) is 3. The van der Waals surface area contributed by atoms with Gasteiger partial charge in [-0.05, 0) is 19.8 Å². The standard InChI is InChI=1S/C17H28N6O9/c1-7(17(31)32)21-15(29)10(3-5-13(26)27)23-16(30)9(2-4-11(19)24)22-14(28)8(18)6-12(20)25/h7-10H,2-6,18H2,1H3,(H2,19,24)(H2,20,25)(H,21,29)(H,22,28)(H,23,30)(H,26,27)(H,31,32). The van der Waals surface area contributed by atoms with Gasteiger partial charge in [0.25, 0.3) is 0 Å². The summed E-state index contributed by atoms with van der Waals surface area (Å²) in [5.41, 5.74) is 15.5. The number of carboxylic acid groups (broad SMARTS) is 2. The summed E-state index contributed by atoms with van der Waals surface area (Å²) in [6.07, 6.45) is -2.09. The second kappa shape index (κ2) is 13.5. The highest BCUT2D eigenvalue weighted by Crippen LogP contribution is 2.04. The molecule has 0 aromatic carbocycles. The van der Waals surface area contributed by atoms with E-state index in [9.17, 15) is 33.6 Å². The van der Waals surface area contributed by atoms with E-state index in [1.54, 1.807) is 0 Å². The zero-order valence-electron chi connectivity index (χ0n) is 17.3. The number of primary amides is 2. The smallest absolute Gasteiger partial charge is 0.325 e. The van der Waals surface area contributed by atoms with Gasteiger partial charge in [0.15, 0.2) is 0 Å². The molecule has 5 amide bonds. The highest BCUT2D eigenvalue weighted by molar-refractivity contribution is 5.95. The van der Waals surface area contributed by atoms with Crippen LogP contribution < -0.4 is 33.2 Å². The van der Waals surface area contributed by atoms with E-state index < -0.39 is 84.9 Å². The molecule has 32 heavy (non-hydrogen) atoms. The van der Waals surface area contributed by atoms with Crippen LogP contribution in [-0.2, 0) is 33.6 Å². The average molecular weight is 460 g/mol. The van der Waals surface area contributed by atoms with Gasteiger partial charge in [0, 0.05) is 12.8 Å². The Bertz CT molecular complexity index is 757. The molecule has 0 aliphatic rings. The summed E-state index contributed by atoms with van der Waals surface area (Å²) in [6, 6.07) is -5.61. The highest BCUT2D eigenvalue weighted by Gasteiger charge is 2.30. The molecule has 0 aliphatic heterocycles. The molecule has 0 saturated carbocycles. The lowest BCUT2D eigenvalue weighted by molar-refractivity contribution is -0.142. The van der Waals surface area contributed by atoms with E-state index in [2.05, 4.69) is 16.0 Å². The lowest BCUT2D eigenvalue weighted by Crippen LogP contribution is -2.57. The molecule has 0 radical (unpaired) electrons. The maximum atomic E-state index is 12.7. The molecule has 0 aromatic heterocycles. The van der Waals surface area contributed by atoms with Crippen molar-refractivity contribution in [2.24, 2.45) is 17.2 Å². The molecule has 0 saturated heterocycles. The molecule has 0 rings (SSSR count). The number of hydrogen-bond acceptors (Lipinski definition) is 8. The largest absolute Gasteiger partial charge is 0.481 e. The predicted molar refractivity (Wildman–Crippen MR) is 106 cm³/mol. The second-order valence-corrected chi connectivity index (χ2v) is 6.91. The minimum Gasteiger partial charge on any atom is -0.481 e. The molecule has 0 spiro atoms. The lowest BCUT2D eigenvalue weighted by Gasteiger charge is -2.24. The molecular formula is C17H28N6O9. The average Bonchev–Trinajstić information content (AvgIpc) is 2.66. The Hall–Kier alpha value is -3.75. The molecule has 4 atom stereocenters. The maximum Gasteiger partial charge on any atom is 0.325 e. The first-order valence-electron chi connectivity index (χ1n) is 9.42. The van der Waals surface area contributed by atoms with Crippen LogP contribution >= 0.6 is 0 Å². The molecule has 0 bridgehead atoms. The minimum absolute atomic E-state index is 0.297. The summed E-state index contributed by atoms with van der Waals surface area (Å²) in [5.74, 6) is -7.22. The third-order valence-corrected chi connectivity index (χ3v) is 4.08. The van der Waals surface area contributed by atoms with Gasteiger partial charge < -0.3 is 43.4 Å². The first-order valence-corrected chi connectivity index (χ1v) is 9.42. The molecular weight excluding hydrogens is 432 g/mol. The highest BCUT2D eigenvalue weighted by atomic mass is 16.4. The van der Waals surface area contributed by atoms with Gasteiger partial charge >= 0.3 is 11.9 Å². The van der Waals surface area contributed by atoms with Gasteiger partial charge in [0.2, 0.25) is 29.5 Å². The van der Waals surface area contributed by atoms with E-state index in [-0.39, 0.29) is 12.8 Å². The Morgan fingerprint density at radius 1 is 0.750 bits per heavy atom. The first-order chi connectivity index (χ1) is 14.7.